The van der Waals surface area contributed by atoms with Crippen molar-refractivity contribution in [3.8, 4) is 5.75 Å². The molecule has 0 aliphatic heterocycles. The Morgan fingerprint density at radius 2 is 2.17 bits per heavy atom. The molecule has 2 aromatic heterocycles. The fourth-order valence-corrected chi connectivity index (χ4v) is 5.78. The summed E-state index contributed by atoms with van der Waals surface area (Å²) in [6, 6.07) is 5.72. The Morgan fingerprint density at radius 1 is 1.33 bits per heavy atom. The monoisotopic (exact) mass is 463 g/mol. The third-order valence-corrected chi connectivity index (χ3v) is 7.39. The summed E-state index contributed by atoms with van der Waals surface area (Å²) in [5.74, 6) is 1.79. The number of nitrogens with zero attached hydrogens (tertiary/aromatic N) is 2. The zero-order valence-corrected chi connectivity index (χ0v) is 18.9. The number of nitrogens with one attached hydrogen (secondary N) is 1. The summed E-state index contributed by atoms with van der Waals surface area (Å²) in [5, 5.41) is 14.1. The quantitative estimate of drug-likeness (QED) is 0.477. The van der Waals surface area contributed by atoms with E-state index in [4.69, 9.17) is 31.4 Å². The van der Waals surface area contributed by atoms with Crippen LogP contribution in [0, 0.1) is 0 Å². The number of aryl methyl sites for hydroxylation is 2. The molecule has 1 aliphatic carbocycles. The lowest BCUT2D eigenvalue weighted by atomic mass is 9.97. The average Bonchev–Trinajstić information content (AvgIpc) is 3.10. The summed E-state index contributed by atoms with van der Waals surface area (Å²) in [6.45, 7) is 0.572. The molecule has 0 fully saturated rings. The normalized spacial score (nSPS) is 13.3. The molecular formula is C21H22ClN3O3S2. The summed E-state index contributed by atoms with van der Waals surface area (Å²) in [6.07, 6.45) is 4.53. The fraction of sp³-hybridized carbons (Fsp3) is 0.381. The molecule has 0 atom stereocenters. The molecule has 0 spiro atoms. The van der Waals surface area contributed by atoms with E-state index >= 15 is 0 Å². The number of rotatable bonds is 8. The van der Waals surface area contributed by atoms with E-state index in [0.29, 0.717) is 28.9 Å². The molecule has 0 amide bonds. The molecule has 0 bridgehead atoms. The molecule has 9 heteroatoms. The lowest BCUT2D eigenvalue weighted by Gasteiger charge is -2.14. The summed E-state index contributed by atoms with van der Waals surface area (Å²) < 4.78 is 5.23. The highest BCUT2D eigenvalue weighted by molar-refractivity contribution is 7.99. The van der Waals surface area contributed by atoms with Gasteiger partial charge in [-0.25, -0.2) is 9.97 Å². The minimum atomic E-state index is -0.831. The van der Waals surface area contributed by atoms with Gasteiger partial charge in [0, 0.05) is 11.4 Å². The Morgan fingerprint density at radius 3 is 2.93 bits per heavy atom. The van der Waals surface area contributed by atoms with E-state index in [1.54, 1.807) is 18.4 Å². The Hall–Kier alpha value is -2.03. The molecule has 158 valence electrons. The van der Waals surface area contributed by atoms with E-state index in [9.17, 15) is 4.79 Å². The van der Waals surface area contributed by atoms with Crippen molar-refractivity contribution in [1.82, 2.24) is 9.97 Å². The van der Waals surface area contributed by atoms with E-state index in [-0.39, 0.29) is 5.75 Å². The van der Waals surface area contributed by atoms with Gasteiger partial charge in [-0.2, -0.15) is 0 Å². The van der Waals surface area contributed by atoms with Crippen LogP contribution in [0.4, 0.5) is 5.82 Å². The third kappa shape index (κ3) is 4.66. The number of carboxylic acid groups (broad SMARTS) is 1. The van der Waals surface area contributed by atoms with Crippen LogP contribution >= 0.6 is 34.7 Å². The van der Waals surface area contributed by atoms with Crippen molar-refractivity contribution in [2.45, 2.75) is 38.0 Å². The maximum absolute atomic E-state index is 10.8. The van der Waals surface area contributed by atoms with Crippen molar-refractivity contribution >= 4 is 56.7 Å². The highest BCUT2D eigenvalue weighted by atomic mass is 35.5. The van der Waals surface area contributed by atoms with Crippen LogP contribution in [0.1, 0.15) is 34.7 Å². The second kappa shape index (κ2) is 9.41. The second-order valence-electron chi connectivity index (χ2n) is 7.09. The van der Waals surface area contributed by atoms with E-state index in [2.05, 4.69) is 5.32 Å². The van der Waals surface area contributed by atoms with E-state index in [0.717, 1.165) is 34.4 Å². The van der Waals surface area contributed by atoms with Gasteiger partial charge in [0.15, 0.2) is 0 Å². The second-order valence-corrected chi connectivity index (χ2v) is 9.56. The first-order chi connectivity index (χ1) is 14.5. The first-order valence-corrected chi connectivity index (χ1v) is 12.1. The van der Waals surface area contributed by atoms with Crippen LogP contribution in [-0.4, -0.2) is 33.9 Å². The number of thiophene rings is 1. The summed E-state index contributed by atoms with van der Waals surface area (Å²) in [4.78, 5) is 22.7. The number of anilines is 1. The highest BCUT2D eigenvalue weighted by Crippen LogP contribution is 2.39. The molecule has 30 heavy (non-hydrogen) atoms. The average molecular weight is 464 g/mol. The Bertz CT molecular complexity index is 1090. The Balaban J connectivity index is 1.64. The number of ether oxygens (including phenoxy) is 1. The van der Waals surface area contributed by atoms with Crippen LogP contribution in [-0.2, 0) is 29.9 Å². The molecule has 1 aromatic carbocycles. The molecule has 1 aliphatic rings. The van der Waals surface area contributed by atoms with E-state index < -0.39 is 5.97 Å². The van der Waals surface area contributed by atoms with Crippen LogP contribution in [0.25, 0.3) is 10.2 Å². The number of thioether (sulfide) groups is 1. The SMILES string of the molecule is COc1ccc(CNc2nc(CSCC(=O)O)nc3sc4c(c23)CCCC4)cc1Cl. The number of fused-ring (bicyclic) bond motifs is 3. The number of methoxy groups -OCH3 is 1. The predicted octanol–water partition coefficient (Wildman–Crippen LogP) is 5.16. The van der Waals surface area contributed by atoms with Crippen molar-refractivity contribution in [2.24, 2.45) is 0 Å². The van der Waals surface area contributed by atoms with Crippen LogP contribution in [0.5, 0.6) is 5.75 Å². The zero-order valence-electron chi connectivity index (χ0n) is 16.5. The van der Waals surface area contributed by atoms with Crippen LogP contribution in [0.15, 0.2) is 18.2 Å². The molecule has 2 N–H and O–H groups in total. The van der Waals surface area contributed by atoms with Crippen LogP contribution in [0.3, 0.4) is 0 Å². The number of aromatic nitrogens is 2. The first kappa shape index (κ1) is 21.2. The largest absolute Gasteiger partial charge is 0.495 e. The van der Waals surface area contributed by atoms with Gasteiger partial charge < -0.3 is 15.2 Å². The molecule has 0 saturated carbocycles. The molecule has 0 radical (unpaired) electrons. The van der Waals surface area contributed by atoms with Crippen molar-refractivity contribution in [3.63, 3.8) is 0 Å². The van der Waals surface area contributed by atoms with Crippen molar-refractivity contribution < 1.29 is 14.6 Å². The topological polar surface area (TPSA) is 84.3 Å². The zero-order chi connectivity index (χ0) is 21.1. The van der Waals surface area contributed by atoms with Gasteiger partial charge in [0.25, 0.3) is 0 Å². The van der Waals surface area contributed by atoms with Crippen molar-refractivity contribution in [3.05, 3.63) is 45.1 Å². The van der Waals surface area contributed by atoms with Gasteiger partial charge in [-0.1, -0.05) is 17.7 Å². The predicted molar refractivity (Wildman–Crippen MR) is 123 cm³/mol. The maximum Gasteiger partial charge on any atom is 0.313 e. The van der Waals surface area contributed by atoms with Gasteiger partial charge >= 0.3 is 5.97 Å². The van der Waals surface area contributed by atoms with Crippen LogP contribution < -0.4 is 10.1 Å². The maximum atomic E-state index is 10.8. The van der Waals surface area contributed by atoms with Crippen molar-refractivity contribution in [1.29, 1.82) is 0 Å². The molecule has 0 unspecified atom stereocenters. The summed E-state index contributed by atoms with van der Waals surface area (Å²) in [5.41, 5.74) is 2.39. The Labute approximate surface area is 188 Å². The van der Waals surface area contributed by atoms with Gasteiger partial charge in [0.05, 0.1) is 29.0 Å². The lowest BCUT2D eigenvalue weighted by molar-refractivity contribution is -0.133. The number of hydrogen-bond donors (Lipinski definition) is 2. The Kier molecular flexibility index (Phi) is 6.65. The minimum absolute atomic E-state index is 0.0371. The fourth-order valence-electron chi connectivity index (χ4n) is 3.63. The van der Waals surface area contributed by atoms with Gasteiger partial charge in [0.2, 0.25) is 0 Å². The lowest BCUT2D eigenvalue weighted by Crippen LogP contribution is -2.07. The molecule has 3 aromatic rings. The number of aliphatic carboxylic acids is 1. The number of benzene rings is 1. The number of carboxylic acids is 1. The molecule has 4 rings (SSSR count). The molecule has 0 saturated heterocycles. The van der Waals surface area contributed by atoms with E-state index in [1.165, 1.54) is 35.0 Å². The summed E-state index contributed by atoms with van der Waals surface area (Å²) >= 11 is 9.31. The highest BCUT2D eigenvalue weighted by Gasteiger charge is 2.21. The smallest absolute Gasteiger partial charge is 0.313 e. The van der Waals surface area contributed by atoms with Crippen LogP contribution in [0.2, 0.25) is 5.02 Å². The standard InChI is InChI=1S/C21H22ClN3O3S2/c1-28-15-7-6-12(8-14(15)22)9-23-20-19-13-4-2-3-5-16(13)30-21(19)25-17(24-20)10-29-11-18(26)27/h6-8H,2-5,9-11H2,1H3,(H,26,27)(H,23,24,25). The van der Waals surface area contributed by atoms with Gasteiger partial charge in [-0.3, -0.25) is 4.79 Å². The molecule has 6 nitrogen and oxygen atoms in total. The van der Waals surface area contributed by atoms with E-state index in [1.807, 2.05) is 18.2 Å². The number of hydrogen-bond acceptors (Lipinski definition) is 7. The van der Waals surface area contributed by atoms with Gasteiger partial charge in [-0.15, -0.1) is 23.1 Å². The number of carbonyl (C=O) groups is 1. The van der Waals surface area contributed by atoms with Crippen molar-refractivity contribution in [2.75, 3.05) is 18.2 Å². The number of halogens is 1. The molecule has 2 heterocycles. The first-order valence-electron chi connectivity index (χ1n) is 9.72. The van der Waals surface area contributed by atoms with Gasteiger partial charge in [-0.05, 0) is 48.9 Å². The third-order valence-electron chi connectivity index (χ3n) is 4.99. The van der Waals surface area contributed by atoms with Gasteiger partial charge in [0.1, 0.15) is 22.2 Å². The summed E-state index contributed by atoms with van der Waals surface area (Å²) in [7, 11) is 1.60. The minimum Gasteiger partial charge on any atom is -0.495 e. The molecular weight excluding hydrogens is 442 g/mol.